The average molecular weight is 575 g/mol. The van der Waals surface area contributed by atoms with E-state index in [1.807, 2.05) is 18.2 Å². The van der Waals surface area contributed by atoms with E-state index in [1.165, 1.54) is 4.52 Å². The third-order valence-electron chi connectivity index (χ3n) is 7.28. The lowest BCUT2D eigenvalue weighted by Gasteiger charge is -2.37. The van der Waals surface area contributed by atoms with Crippen molar-refractivity contribution in [3.63, 3.8) is 0 Å². The van der Waals surface area contributed by atoms with Crippen LogP contribution in [-0.2, 0) is 0 Å². The van der Waals surface area contributed by atoms with Crippen LogP contribution in [0.15, 0.2) is 69.1 Å². The summed E-state index contributed by atoms with van der Waals surface area (Å²) in [5.74, 6) is 7.06. The molecule has 4 heterocycles. The number of hydrogen-bond donors (Lipinski definition) is 5. The number of pyridine rings is 1. The van der Waals surface area contributed by atoms with Gasteiger partial charge in [-0.25, -0.2) is 0 Å². The molecule has 3 atom stereocenters. The minimum absolute atomic E-state index is 0.0536. The van der Waals surface area contributed by atoms with Crippen LogP contribution in [0.4, 0.5) is 17.1 Å². The summed E-state index contributed by atoms with van der Waals surface area (Å²) < 4.78 is 0.643. The zero-order chi connectivity index (χ0) is 29.9. The number of benzene rings is 2. The number of aliphatic imine (C=N–C) groups is 1. The highest BCUT2D eigenvalue weighted by Crippen LogP contribution is 2.38. The number of aromatic nitrogens is 4. The first-order valence-electron chi connectivity index (χ1n) is 13.0. The topological polar surface area (TPSA) is 226 Å². The Morgan fingerprint density at radius 3 is 2.64 bits per heavy atom. The van der Waals surface area contributed by atoms with Crippen molar-refractivity contribution in [2.24, 2.45) is 26.4 Å². The summed E-state index contributed by atoms with van der Waals surface area (Å²) in [6.45, 7) is 4.60. The number of hydrogen-bond acceptors (Lipinski definition) is 14. The molecule has 2 aliphatic rings. The smallest absolute Gasteiger partial charge is 0.358 e. The number of fused-ring (bicyclic) bond motifs is 6. The predicted octanol–water partition coefficient (Wildman–Crippen LogP) is 1.90. The highest BCUT2D eigenvalue weighted by molar-refractivity contribution is 6.07. The Balaban J connectivity index is 1.31. The number of nitrogens with one attached hydrogen (secondary N) is 2. The molecule has 3 unspecified atom stereocenters. The molecule has 0 radical (unpaired) electrons. The van der Waals surface area contributed by atoms with Crippen LogP contribution in [-0.4, -0.2) is 75.5 Å². The second-order valence-electron chi connectivity index (χ2n) is 11.1. The van der Waals surface area contributed by atoms with Gasteiger partial charge in [0.05, 0.1) is 50.7 Å². The Morgan fingerprint density at radius 1 is 1.14 bits per heavy atom. The number of aliphatic hydroxyl groups is 2. The molecule has 0 saturated heterocycles. The summed E-state index contributed by atoms with van der Waals surface area (Å²) in [6.07, 6.45) is -0.0536. The predicted molar refractivity (Wildman–Crippen MR) is 151 cm³/mol. The number of para-hydroxylation sites is 2. The SMILES string of the molecule is CC(O)(CNC1=Nc2ccccc2C2=NN=N[N+]12N)CC(Nc1c([N+](=O)[O-])c2nnnn2c2ccccc12)C(C)(C)O. The maximum Gasteiger partial charge on any atom is 0.358 e. The van der Waals surface area contributed by atoms with E-state index in [4.69, 9.17) is 5.84 Å². The normalized spacial score (nSPS) is 20.0. The lowest BCUT2D eigenvalue weighted by Crippen LogP contribution is -2.64. The third-order valence-corrected chi connectivity index (χ3v) is 7.28. The molecule has 0 saturated carbocycles. The highest BCUT2D eigenvalue weighted by atomic mass is 16.6. The van der Waals surface area contributed by atoms with Crippen LogP contribution in [0, 0.1) is 10.1 Å². The third kappa shape index (κ3) is 4.49. The largest absolute Gasteiger partial charge is 0.388 e. The molecule has 4 aromatic rings. The van der Waals surface area contributed by atoms with Crippen LogP contribution in [0.2, 0.25) is 0 Å². The van der Waals surface area contributed by atoms with Gasteiger partial charge in [0.25, 0.3) is 5.65 Å². The van der Waals surface area contributed by atoms with Gasteiger partial charge in [-0.15, -0.1) is 10.9 Å². The van der Waals surface area contributed by atoms with Gasteiger partial charge in [0.1, 0.15) is 5.69 Å². The molecule has 0 spiro atoms. The summed E-state index contributed by atoms with van der Waals surface area (Å²) >= 11 is 0. The van der Waals surface area contributed by atoms with Crippen LogP contribution in [0.5, 0.6) is 0 Å². The van der Waals surface area contributed by atoms with E-state index in [0.29, 0.717) is 28.0 Å². The molecular weight excluding hydrogens is 546 g/mol. The lowest BCUT2D eigenvalue weighted by molar-refractivity contribution is -0.771. The molecule has 17 heteroatoms. The average Bonchev–Trinajstić information content (AvgIpc) is 3.58. The number of nitrogens with zero attached hydrogens (tertiary/aromatic N) is 10. The minimum atomic E-state index is -1.49. The second kappa shape index (κ2) is 9.55. The molecule has 2 aliphatic heterocycles. The van der Waals surface area contributed by atoms with Crippen molar-refractivity contribution in [3.05, 3.63) is 64.2 Å². The minimum Gasteiger partial charge on any atom is -0.388 e. The van der Waals surface area contributed by atoms with Crippen molar-refractivity contribution >= 4 is 45.4 Å². The molecule has 0 amide bonds. The number of anilines is 1. The fourth-order valence-corrected chi connectivity index (χ4v) is 5.08. The number of quaternary nitrogens is 1. The van der Waals surface area contributed by atoms with Crippen molar-refractivity contribution in [3.8, 4) is 0 Å². The molecule has 0 fully saturated rings. The second-order valence-corrected chi connectivity index (χ2v) is 11.1. The van der Waals surface area contributed by atoms with Crippen molar-refractivity contribution in [2.75, 3.05) is 11.9 Å². The van der Waals surface area contributed by atoms with Crippen molar-refractivity contribution in [1.29, 1.82) is 0 Å². The first kappa shape index (κ1) is 27.2. The lowest BCUT2D eigenvalue weighted by atomic mass is 9.87. The van der Waals surface area contributed by atoms with E-state index >= 15 is 0 Å². The van der Waals surface area contributed by atoms with Crippen LogP contribution in [0.25, 0.3) is 16.6 Å². The first-order chi connectivity index (χ1) is 19.9. The molecule has 0 bridgehead atoms. The fourth-order valence-electron chi connectivity index (χ4n) is 5.08. The number of tetrazole rings is 1. The zero-order valence-electron chi connectivity index (χ0n) is 22.9. The summed E-state index contributed by atoms with van der Waals surface area (Å²) in [6, 6.07) is 13.3. The summed E-state index contributed by atoms with van der Waals surface area (Å²) in [7, 11) is 0. The number of rotatable bonds is 8. The summed E-state index contributed by atoms with van der Waals surface area (Å²) in [5.41, 5.74) is -1.42. The van der Waals surface area contributed by atoms with E-state index in [0.717, 1.165) is 0 Å². The molecule has 17 nitrogen and oxygen atoms in total. The molecule has 6 rings (SSSR count). The van der Waals surface area contributed by atoms with E-state index in [-0.39, 0.29) is 35.9 Å². The molecule has 6 N–H and O–H groups in total. The molecule has 2 aromatic carbocycles. The first-order valence-corrected chi connectivity index (χ1v) is 13.0. The molecule has 42 heavy (non-hydrogen) atoms. The van der Waals surface area contributed by atoms with Crippen molar-refractivity contribution in [2.45, 2.75) is 44.4 Å². The van der Waals surface area contributed by atoms with Gasteiger partial charge in [-0.05, 0) is 49.4 Å². The Labute approximate surface area is 237 Å². The fraction of sp³-hybridized carbons (Fsp3) is 0.320. The van der Waals surface area contributed by atoms with Crippen molar-refractivity contribution < 1.29 is 19.8 Å². The van der Waals surface area contributed by atoms with Crippen molar-refractivity contribution in [1.82, 2.24) is 25.4 Å². The quantitative estimate of drug-likeness (QED) is 0.0888. The van der Waals surface area contributed by atoms with E-state index in [9.17, 15) is 20.3 Å². The van der Waals surface area contributed by atoms with Crippen LogP contribution in [0.1, 0.15) is 32.8 Å². The molecule has 0 aliphatic carbocycles. The van der Waals surface area contributed by atoms with Crippen LogP contribution in [0.3, 0.4) is 0 Å². The Morgan fingerprint density at radius 2 is 1.88 bits per heavy atom. The summed E-state index contributed by atoms with van der Waals surface area (Å²) in [5, 5.41) is 64.9. The molecule has 216 valence electrons. The number of amidine groups is 1. The van der Waals surface area contributed by atoms with Gasteiger partial charge in [-0.2, -0.15) is 9.51 Å². The maximum absolute atomic E-state index is 12.3. The Kier molecular flexibility index (Phi) is 6.19. The van der Waals surface area contributed by atoms with Crippen LogP contribution >= 0.6 is 0 Å². The van der Waals surface area contributed by atoms with Gasteiger partial charge in [0.15, 0.2) is 0 Å². The number of nitro groups is 1. The monoisotopic (exact) mass is 574 g/mol. The number of nitrogens with two attached hydrogens (primary N) is 1. The van der Waals surface area contributed by atoms with E-state index < -0.39 is 26.9 Å². The van der Waals surface area contributed by atoms with Gasteiger partial charge in [-0.1, -0.05) is 35.4 Å². The zero-order valence-corrected chi connectivity index (χ0v) is 22.9. The standard InChI is InChI=1S/C25H28N13O4/c1-24(2,39)18(29-19-15-9-5-7-11-17(15)36-21(30-32-34-36)20(19)37(41)42)12-25(3,40)13-27-23-28-16-10-6-4-8-14(16)22-31-33-35-38(22,23)26/h4-11,18,29,39-40H,12-13,26H2,1-3H3,(H,27,28)/q+1. The molecular formula is C25H28N13O4+. The highest BCUT2D eigenvalue weighted by Gasteiger charge is 2.49. The van der Waals surface area contributed by atoms with Gasteiger partial charge in [0.2, 0.25) is 0 Å². The van der Waals surface area contributed by atoms with Gasteiger partial charge in [-0.3, -0.25) is 10.1 Å². The van der Waals surface area contributed by atoms with E-state index in [1.54, 1.807) is 51.1 Å². The Hall–Kier alpha value is -4.97. The maximum atomic E-state index is 12.3. The van der Waals surface area contributed by atoms with Gasteiger partial charge >= 0.3 is 17.5 Å². The number of guanidine groups is 1. The van der Waals surface area contributed by atoms with Crippen LogP contribution < -0.4 is 16.5 Å². The Bertz CT molecular complexity index is 1820. The molecule has 2 aromatic heterocycles. The van der Waals surface area contributed by atoms with Gasteiger partial charge < -0.3 is 20.8 Å². The summed E-state index contributed by atoms with van der Waals surface area (Å²) in [4.78, 5) is 16.3. The van der Waals surface area contributed by atoms with Gasteiger partial charge in [0, 0.05) is 21.7 Å². The van der Waals surface area contributed by atoms with E-state index in [2.05, 4.69) is 46.7 Å².